The number of sulfonamides is 2. The summed E-state index contributed by atoms with van der Waals surface area (Å²) in [4.78, 5) is 31.2. The number of aryl methyl sites for hydroxylation is 2. The molecule has 0 atom stereocenters. The van der Waals surface area contributed by atoms with E-state index >= 15 is 0 Å². The molecule has 268 valence electrons. The number of rotatable bonds is 13. The van der Waals surface area contributed by atoms with Gasteiger partial charge in [-0.05, 0) is 87.4 Å². The second-order valence-corrected chi connectivity index (χ2v) is 15.2. The summed E-state index contributed by atoms with van der Waals surface area (Å²) >= 11 is 0. The molecule has 0 aliphatic carbocycles. The summed E-state index contributed by atoms with van der Waals surface area (Å²) in [6, 6.07) is 14.7. The van der Waals surface area contributed by atoms with Crippen LogP contribution in [0.4, 0.5) is 20.2 Å². The first kappa shape index (κ1) is 39.6. The smallest absolute Gasteiger partial charge is 0.339 e. The number of carbonyl (C=O) groups is 2. The maximum atomic E-state index is 13.9. The van der Waals surface area contributed by atoms with Crippen molar-refractivity contribution in [3.8, 4) is 0 Å². The maximum Gasteiger partial charge on any atom is 0.339 e. The predicted molar refractivity (Wildman–Crippen MR) is 187 cm³/mol. The largest absolute Gasteiger partial charge is 0.465 e. The molecule has 0 radical (unpaired) electrons. The molecule has 50 heavy (non-hydrogen) atoms. The fourth-order valence-electron chi connectivity index (χ4n) is 4.34. The Balaban J connectivity index is 0.000000270. The number of esters is 1. The van der Waals surface area contributed by atoms with Gasteiger partial charge in [-0.25, -0.2) is 30.4 Å². The Morgan fingerprint density at radius 1 is 0.720 bits per heavy atom. The molecule has 0 amide bonds. The predicted octanol–water partition coefficient (Wildman–Crippen LogP) is 4.70. The van der Waals surface area contributed by atoms with Gasteiger partial charge in [-0.2, -0.15) is 0 Å². The van der Waals surface area contributed by atoms with E-state index in [1.807, 2.05) is 0 Å². The summed E-state index contributed by atoms with van der Waals surface area (Å²) in [5.41, 5.74) is 8.09. The summed E-state index contributed by atoms with van der Waals surface area (Å²) in [7, 11) is -6.01. The van der Waals surface area contributed by atoms with Crippen LogP contribution in [0.25, 0.3) is 0 Å². The van der Waals surface area contributed by atoms with Crippen LogP contribution in [0.2, 0.25) is 0 Å². The van der Waals surface area contributed by atoms with Gasteiger partial charge < -0.3 is 10.5 Å². The molecule has 0 spiro atoms. The standard InChI is InChI=1S/C17H20FN3O3S.C17H19FN2O4S/c1-3-25(23,24)21(15-7-4-12(2)16(18)8-15)11-14-6-5-13(10-20-14)17(22)9-19;1-4-25(22,23)20(15-8-5-12(2)16(18)9-15)11-14-7-6-13(10-19-14)17(21)24-3/h4-8,10H,3,9,11,19H2,1-2H3;5-10H,4,11H2,1-3H3. The lowest BCUT2D eigenvalue weighted by Gasteiger charge is -2.24. The van der Waals surface area contributed by atoms with E-state index in [9.17, 15) is 35.2 Å². The highest BCUT2D eigenvalue weighted by Gasteiger charge is 2.24. The van der Waals surface area contributed by atoms with E-state index in [0.29, 0.717) is 28.1 Å². The van der Waals surface area contributed by atoms with Gasteiger partial charge in [0.05, 0.1) is 66.6 Å². The number of ketones is 1. The fourth-order valence-corrected chi connectivity index (χ4v) is 6.49. The van der Waals surface area contributed by atoms with Crippen LogP contribution in [0, 0.1) is 25.5 Å². The van der Waals surface area contributed by atoms with E-state index in [-0.39, 0.29) is 53.9 Å². The molecule has 2 N–H and O–H groups in total. The number of halogens is 2. The Bertz CT molecular complexity index is 1880. The van der Waals surface area contributed by atoms with E-state index in [1.54, 1.807) is 38.1 Å². The average molecular weight is 732 g/mol. The van der Waals surface area contributed by atoms with Crippen LogP contribution < -0.4 is 14.3 Å². The van der Waals surface area contributed by atoms with Gasteiger partial charge >= 0.3 is 5.97 Å². The summed E-state index contributed by atoms with van der Waals surface area (Å²) < 4.78 is 84.2. The van der Waals surface area contributed by atoms with Gasteiger partial charge in [0, 0.05) is 18.0 Å². The van der Waals surface area contributed by atoms with Crippen LogP contribution in [-0.4, -0.2) is 63.7 Å². The Labute approximate surface area is 291 Å². The van der Waals surface area contributed by atoms with Crippen molar-refractivity contribution in [2.45, 2.75) is 40.8 Å². The molecule has 16 heteroatoms. The van der Waals surface area contributed by atoms with Crippen LogP contribution in [0.3, 0.4) is 0 Å². The van der Waals surface area contributed by atoms with Crippen molar-refractivity contribution in [2.75, 3.05) is 33.8 Å². The third-order valence-corrected chi connectivity index (χ3v) is 11.0. The number of Topliss-reactive ketones (excluding diaryl/α,β-unsaturated/α-hetero) is 1. The molecule has 0 saturated carbocycles. The number of aromatic nitrogens is 2. The molecule has 4 rings (SSSR count). The van der Waals surface area contributed by atoms with Crippen molar-refractivity contribution in [2.24, 2.45) is 5.73 Å². The van der Waals surface area contributed by atoms with Crippen molar-refractivity contribution < 1.29 is 39.9 Å². The summed E-state index contributed by atoms with van der Waals surface area (Å²) in [6.07, 6.45) is 2.67. The molecule has 0 fully saturated rings. The first-order chi connectivity index (χ1) is 23.6. The molecule has 2 heterocycles. The van der Waals surface area contributed by atoms with Crippen LogP contribution in [0.15, 0.2) is 73.1 Å². The molecule has 0 saturated heterocycles. The molecule has 2 aromatic heterocycles. The van der Waals surface area contributed by atoms with E-state index in [4.69, 9.17) is 5.73 Å². The molecule has 0 unspecified atom stereocenters. The van der Waals surface area contributed by atoms with Crippen LogP contribution in [0.1, 0.15) is 57.1 Å². The molecule has 12 nitrogen and oxygen atoms in total. The minimum absolute atomic E-state index is 0.0598. The lowest BCUT2D eigenvalue weighted by Crippen LogP contribution is -2.32. The number of nitrogens with two attached hydrogens (primary N) is 1. The Morgan fingerprint density at radius 2 is 1.14 bits per heavy atom. The van der Waals surface area contributed by atoms with Gasteiger partial charge in [0.1, 0.15) is 11.6 Å². The summed E-state index contributed by atoms with van der Waals surface area (Å²) in [5.74, 6) is -2.02. The highest BCUT2D eigenvalue weighted by atomic mass is 32.2. The molecule has 4 aromatic rings. The Hall–Kier alpha value is -4.80. The van der Waals surface area contributed by atoms with Gasteiger partial charge in [0.25, 0.3) is 0 Å². The van der Waals surface area contributed by atoms with E-state index in [1.165, 1.54) is 69.7 Å². The van der Waals surface area contributed by atoms with Crippen molar-refractivity contribution in [1.29, 1.82) is 0 Å². The number of carbonyl (C=O) groups excluding carboxylic acids is 2. The van der Waals surface area contributed by atoms with Gasteiger partial charge in [-0.15, -0.1) is 0 Å². The highest BCUT2D eigenvalue weighted by molar-refractivity contribution is 7.93. The molecular formula is C34H39F2N5O7S2. The molecular weight excluding hydrogens is 693 g/mol. The second kappa shape index (κ2) is 17.2. The van der Waals surface area contributed by atoms with E-state index in [0.717, 1.165) is 8.61 Å². The monoisotopic (exact) mass is 731 g/mol. The fraction of sp³-hybridized carbons (Fsp3) is 0.294. The average Bonchev–Trinajstić information content (AvgIpc) is 3.12. The van der Waals surface area contributed by atoms with Crippen LogP contribution >= 0.6 is 0 Å². The summed E-state index contributed by atoms with van der Waals surface area (Å²) in [6.45, 7) is 5.98. The first-order valence-corrected chi connectivity index (χ1v) is 18.5. The zero-order chi connectivity index (χ0) is 37.2. The number of anilines is 2. The molecule has 0 aliphatic rings. The molecule has 0 bridgehead atoms. The van der Waals surface area contributed by atoms with Crippen molar-refractivity contribution in [1.82, 2.24) is 9.97 Å². The topological polar surface area (TPSA) is 170 Å². The van der Waals surface area contributed by atoms with E-state index in [2.05, 4.69) is 14.7 Å². The third kappa shape index (κ3) is 10.1. The lowest BCUT2D eigenvalue weighted by molar-refractivity contribution is 0.0600. The van der Waals surface area contributed by atoms with Gasteiger partial charge in [-0.3, -0.25) is 23.4 Å². The minimum Gasteiger partial charge on any atom is -0.465 e. The number of pyridine rings is 2. The van der Waals surface area contributed by atoms with Crippen LogP contribution in [0.5, 0.6) is 0 Å². The zero-order valence-corrected chi connectivity index (χ0v) is 29.9. The van der Waals surface area contributed by atoms with Crippen molar-refractivity contribution >= 4 is 43.2 Å². The lowest BCUT2D eigenvalue weighted by atomic mass is 10.2. The number of hydrogen-bond acceptors (Lipinski definition) is 10. The van der Waals surface area contributed by atoms with Gasteiger partial charge in [-0.1, -0.05) is 12.1 Å². The normalized spacial score (nSPS) is 11.3. The zero-order valence-electron chi connectivity index (χ0n) is 28.3. The maximum absolute atomic E-state index is 13.9. The van der Waals surface area contributed by atoms with E-state index < -0.39 is 37.7 Å². The third-order valence-electron chi connectivity index (χ3n) is 7.48. The number of benzene rings is 2. The van der Waals surface area contributed by atoms with Crippen molar-refractivity contribution in [3.63, 3.8) is 0 Å². The first-order valence-electron chi connectivity index (χ1n) is 15.3. The molecule has 2 aromatic carbocycles. The number of nitrogens with zero attached hydrogens (tertiary/aromatic N) is 4. The Morgan fingerprint density at radius 3 is 1.46 bits per heavy atom. The SMILES string of the molecule is CCS(=O)(=O)N(Cc1ccc(C(=O)CN)cn1)c1ccc(C)c(F)c1.CCS(=O)(=O)N(Cc1ccc(C(=O)OC)cn1)c1ccc(C)c(F)c1. The van der Waals surface area contributed by atoms with Crippen LogP contribution in [-0.2, 0) is 37.9 Å². The van der Waals surface area contributed by atoms with Gasteiger partial charge in [0.15, 0.2) is 5.78 Å². The van der Waals surface area contributed by atoms with Gasteiger partial charge in [0.2, 0.25) is 20.0 Å². The summed E-state index contributed by atoms with van der Waals surface area (Å²) in [5, 5.41) is 0. The number of hydrogen-bond donors (Lipinski definition) is 1. The van der Waals surface area contributed by atoms with Crippen molar-refractivity contribution in [3.05, 3.63) is 118 Å². The Kier molecular flexibility index (Phi) is 13.7. The number of methoxy groups -OCH3 is 1. The minimum atomic E-state index is -3.64. The number of ether oxygens (including phenoxy) is 1. The highest BCUT2D eigenvalue weighted by Crippen LogP contribution is 2.25. The second-order valence-electron chi connectivity index (χ2n) is 10.9. The molecule has 0 aliphatic heterocycles. The quantitative estimate of drug-likeness (QED) is 0.150.